The zero-order valence-corrected chi connectivity index (χ0v) is 24.0. The fourth-order valence-corrected chi connectivity index (χ4v) is 4.60. The maximum absolute atomic E-state index is 13.3. The van der Waals surface area contributed by atoms with E-state index in [4.69, 9.17) is 4.42 Å². The molecular formula is C33H34FN3O4. The van der Waals surface area contributed by atoms with Crippen LogP contribution in [0.5, 0.6) is 0 Å². The Morgan fingerprint density at radius 1 is 1.00 bits per heavy atom. The number of allylic oxidation sites excluding steroid dienone is 4. The summed E-state index contributed by atoms with van der Waals surface area (Å²) in [5, 5.41) is 8.80. The van der Waals surface area contributed by atoms with Gasteiger partial charge in [0, 0.05) is 28.1 Å². The minimum absolute atomic E-state index is 0.203. The molecule has 0 saturated carbocycles. The molecule has 2 aromatic carbocycles. The summed E-state index contributed by atoms with van der Waals surface area (Å²) in [7, 11) is 0. The van der Waals surface area contributed by atoms with E-state index in [1.807, 2.05) is 34.6 Å². The van der Waals surface area contributed by atoms with Crippen LogP contribution in [-0.4, -0.2) is 17.7 Å². The molecule has 0 aliphatic carbocycles. The highest BCUT2D eigenvalue weighted by Crippen LogP contribution is 2.34. The summed E-state index contributed by atoms with van der Waals surface area (Å²) in [5.74, 6) is -1.05. The smallest absolute Gasteiger partial charge is 0.256 e. The lowest BCUT2D eigenvalue weighted by Crippen LogP contribution is -2.28. The minimum Gasteiger partial charge on any atom is -0.469 e. The van der Waals surface area contributed by atoms with Gasteiger partial charge < -0.3 is 20.4 Å². The first-order chi connectivity index (χ1) is 19.5. The number of carbonyl (C=O) groups excluding carboxylic acids is 3. The van der Waals surface area contributed by atoms with E-state index in [9.17, 15) is 18.8 Å². The molecule has 0 spiro atoms. The topological polar surface area (TPSA) is 100 Å². The van der Waals surface area contributed by atoms with Gasteiger partial charge in [0.1, 0.15) is 11.6 Å². The van der Waals surface area contributed by atoms with Crippen molar-refractivity contribution >= 4 is 29.0 Å². The van der Waals surface area contributed by atoms with Crippen LogP contribution < -0.4 is 16.0 Å². The van der Waals surface area contributed by atoms with E-state index in [0.717, 1.165) is 22.3 Å². The number of hydrogen-bond acceptors (Lipinski definition) is 4. The first-order valence-corrected chi connectivity index (χ1v) is 13.4. The van der Waals surface area contributed by atoms with Crippen molar-refractivity contribution in [3.8, 4) is 0 Å². The number of furan rings is 1. The van der Waals surface area contributed by atoms with Crippen LogP contribution >= 0.6 is 0 Å². The maximum atomic E-state index is 13.3. The lowest BCUT2D eigenvalue weighted by Gasteiger charge is -2.17. The first kappa shape index (κ1) is 29.3. The van der Waals surface area contributed by atoms with E-state index < -0.39 is 5.92 Å². The van der Waals surface area contributed by atoms with Crippen molar-refractivity contribution in [3.63, 3.8) is 0 Å². The summed E-state index contributed by atoms with van der Waals surface area (Å²) >= 11 is 0. The Kier molecular flexibility index (Phi) is 8.71. The van der Waals surface area contributed by atoms with Crippen molar-refractivity contribution in [1.82, 2.24) is 10.6 Å². The number of amides is 3. The molecule has 1 aliphatic heterocycles. The number of halogens is 1. The molecule has 2 unspecified atom stereocenters. The third-order valence-corrected chi connectivity index (χ3v) is 7.22. The molecule has 2 atom stereocenters. The van der Waals surface area contributed by atoms with Gasteiger partial charge in [0.05, 0.1) is 18.2 Å². The second kappa shape index (κ2) is 12.2. The summed E-state index contributed by atoms with van der Waals surface area (Å²) in [5.41, 5.74) is 5.97. The average Bonchev–Trinajstić information content (AvgIpc) is 3.59. The molecule has 0 bridgehead atoms. The standard InChI is InChI=1S/C33H34FN3O4/c1-18(2)30(37-31(38)21(5)29-8-7-15-41-29)20(4)19(3)16-27-26-17-24(11-14-28(26)36-33(27)40)32(39)35-22(6)23-9-12-25(34)13-10-23/h7-17,21-22H,1-6H3,(H,35,39)(H,36,40)(H,37,38)/b20-19+,27-16-. The maximum Gasteiger partial charge on any atom is 0.256 e. The predicted molar refractivity (Wildman–Crippen MR) is 157 cm³/mol. The van der Waals surface area contributed by atoms with Crippen molar-refractivity contribution in [1.29, 1.82) is 0 Å². The Labute approximate surface area is 239 Å². The molecule has 4 rings (SSSR count). The van der Waals surface area contributed by atoms with Gasteiger partial charge in [-0.1, -0.05) is 17.7 Å². The zero-order valence-electron chi connectivity index (χ0n) is 24.0. The molecule has 2 heterocycles. The molecule has 8 heteroatoms. The van der Waals surface area contributed by atoms with Crippen molar-refractivity contribution in [2.75, 3.05) is 5.32 Å². The third kappa shape index (κ3) is 6.54. The van der Waals surface area contributed by atoms with Crippen molar-refractivity contribution in [3.05, 3.63) is 118 Å². The second-order valence-corrected chi connectivity index (χ2v) is 10.4. The summed E-state index contributed by atoms with van der Waals surface area (Å²) in [6, 6.07) is 14.2. The molecule has 0 radical (unpaired) electrons. The normalized spacial score (nSPS) is 15.4. The van der Waals surface area contributed by atoms with E-state index in [2.05, 4.69) is 16.0 Å². The number of hydrogen-bond donors (Lipinski definition) is 3. The Morgan fingerprint density at radius 2 is 1.71 bits per heavy atom. The van der Waals surface area contributed by atoms with Gasteiger partial charge in [-0.25, -0.2) is 4.39 Å². The lowest BCUT2D eigenvalue weighted by atomic mass is 9.98. The van der Waals surface area contributed by atoms with Crippen LogP contribution in [0.1, 0.15) is 80.7 Å². The van der Waals surface area contributed by atoms with Crippen LogP contribution in [0.15, 0.2) is 93.8 Å². The molecule has 0 saturated heterocycles. The molecule has 212 valence electrons. The molecular weight excluding hydrogens is 521 g/mol. The van der Waals surface area contributed by atoms with Crippen LogP contribution in [0, 0.1) is 5.82 Å². The summed E-state index contributed by atoms with van der Waals surface area (Å²) in [4.78, 5) is 39.0. The number of fused-ring (bicyclic) bond motifs is 1. The molecule has 0 fully saturated rings. The Bertz CT molecular complexity index is 1580. The summed E-state index contributed by atoms with van der Waals surface area (Å²) in [6.07, 6.45) is 3.30. The highest BCUT2D eigenvalue weighted by atomic mass is 19.1. The number of nitrogens with one attached hydrogen (secondary N) is 3. The number of carbonyl (C=O) groups is 3. The summed E-state index contributed by atoms with van der Waals surface area (Å²) < 4.78 is 18.7. The lowest BCUT2D eigenvalue weighted by molar-refractivity contribution is -0.121. The Hall–Kier alpha value is -4.72. The number of anilines is 1. The molecule has 3 amide bonds. The second-order valence-electron chi connectivity index (χ2n) is 10.4. The highest BCUT2D eigenvalue weighted by molar-refractivity contribution is 6.32. The van der Waals surface area contributed by atoms with Gasteiger partial charge in [-0.15, -0.1) is 0 Å². The molecule has 3 aromatic rings. The summed E-state index contributed by atoms with van der Waals surface area (Å²) in [6.45, 7) is 11.2. The van der Waals surface area contributed by atoms with Crippen LogP contribution in [-0.2, 0) is 9.59 Å². The number of benzene rings is 2. The van der Waals surface area contributed by atoms with E-state index in [0.29, 0.717) is 33.8 Å². The average molecular weight is 556 g/mol. The van der Waals surface area contributed by atoms with E-state index in [1.54, 1.807) is 55.5 Å². The van der Waals surface area contributed by atoms with Gasteiger partial charge in [0.15, 0.2) is 0 Å². The zero-order chi connectivity index (χ0) is 29.8. The van der Waals surface area contributed by atoms with E-state index >= 15 is 0 Å². The van der Waals surface area contributed by atoms with Crippen LogP contribution in [0.4, 0.5) is 10.1 Å². The quantitative estimate of drug-likeness (QED) is 0.210. The molecule has 7 nitrogen and oxygen atoms in total. The molecule has 41 heavy (non-hydrogen) atoms. The molecule has 3 N–H and O–H groups in total. The van der Waals surface area contributed by atoms with Crippen molar-refractivity contribution in [2.45, 2.75) is 53.5 Å². The van der Waals surface area contributed by atoms with E-state index in [-0.39, 0.29) is 29.6 Å². The fraction of sp³-hybridized carbons (Fsp3) is 0.242. The predicted octanol–water partition coefficient (Wildman–Crippen LogP) is 6.80. The van der Waals surface area contributed by atoms with Crippen LogP contribution in [0.3, 0.4) is 0 Å². The van der Waals surface area contributed by atoms with E-state index in [1.165, 1.54) is 18.4 Å². The number of rotatable bonds is 8. The van der Waals surface area contributed by atoms with Gasteiger partial charge >= 0.3 is 0 Å². The van der Waals surface area contributed by atoms with Crippen LogP contribution in [0.25, 0.3) is 5.57 Å². The Balaban J connectivity index is 1.58. The first-order valence-electron chi connectivity index (χ1n) is 13.4. The molecule has 1 aliphatic rings. The fourth-order valence-electron chi connectivity index (χ4n) is 4.60. The monoisotopic (exact) mass is 555 g/mol. The van der Waals surface area contributed by atoms with Gasteiger partial charge in [-0.2, -0.15) is 0 Å². The van der Waals surface area contributed by atoms with Gasteiger partial charge in [-0.3, -0.25) is 14.4 Å². The third-order valence-electron chi connectivity index (χ3n) is 7.22. The van der Waals surface area contributed by atoms with Gasteiger partial charge in [0.25, 0.3) is 11.8 Å². The van der Waals surface area contributed by atoms with Gasteiger partial charge in [-0.05, 0) is 107 Å². The van der Waals surface area contributed by atoms with Crippen molar-refractivity contribution in [2.24, 2.45) is 0 Å². The van der Waals surface area contributed by atoms with Crippen molar-refractivity contribution < 1.29 is 23.2 Å². The molecule has 1 aromatic heterocycles. The Morgan fingerprint density at radius 3 is 2.34 bits per heavy atom. The largest absolute Gasteiger partial charge is 0.469 e. The highest BCUT2D eigenvalue weighted by Gasteiger charge is 2.26. The minimum atomic E-state index is -0.478. The SMILES string of the molecule is CC(C)=C(NC(=O)C(C)c1ccco1)/C(C)=C(C)/C=C1\C(=O)Nc2ccc(C(=O)NC(C)c3ccc(F)cc3)cc21. The van der Waals surface area contributed by atoms with Crippen LogP contribution in [0.2, 0.25) is 0 Å². The van der Waals surface area contributed by atoms with Gasteiger partial charge in [0.2, 0.25) is 5.91 Å².